The van der Waals surface area contributed by atoms with Crippen molar-refractivity contribution in [2.24, 2.45) is 5.73 Å². The fourth-order valence-corrected chi connectivity index (χ4v) is 1.78. The van der Waals surface area contributed by atoms with E-state index in [1.54, 1.807) is 12.4 Å². The van der Waals surface area contributed by atoms with Crippen LogP contribution in [0, 0.1) is 6.92 Å². The van der Waals surface area contributed by atoms with Crippen molar-refractivity contribution in [1.29, 1.82) is 0 Å². The topological polar surface area (TPSA) is 80.0 Å². The number of rotatable bonds is 3. The number of anilines is 2. The molecule has 0 spiro atoms. The first-order valence-corrected chi connectivity index (χ1v) is 6.40. The van der Waals surface area contributed by atoms with E-state index in [1.807, 2.05) is 44.2 Å². The molecule has 5 heteroatoms. The molecule has 1 heterocycles. The fraction of sp³-hybridized carbons (Fsp3) is 0.200. The lowest BCUT2D eigenvalue weighted by atomic mass is 10.1. The van der Waals surface area contributed by atoms with Gasteiger partial charge in [-0.1, -0.05) is 12.1 Å². The average Bonchev–Trinajstić information content (AvgIpc) is 2.41. The molecule has 1 unspecified atom stereocenters. The third-order valence-corrected chi connectivity index (χ3v) is 2.96. The predicted octanol–water partition coefficient (Wildman–Crippen LogP) is 3.05. The van der Waals surface area contributed by atoms with Gasteiger partial charge in [-0.2, -0.15) is 0 Å². The molecule has 0 aliphatic carbocycles. The number of nitrogens with one attached hydrogen (secondary N) is 2. The molecule has 0 fully saturated rings. The van der Waals surface area contributed by atoms with Crippen molar-refractivity contribution < 1.29 is 4.79 Å². The van der Waals surface area contributed by atoms with Gasteiger partial charge in [0.25, 0.3) is 0 Å². The Hall–Kier alpha value is -2.40. The SMILES string of the molecule is Cc1ccncc1NC(=O)Nc1cccc(C(C)N)c1. The van der Waals surface area contributed by atoms with Gasteiger partial charge in [0.1, 0.15) is 0 Å². The quantitative estimate of drug-likeness (QED) is 0.802. The summed E-state index contributed by atoms with van der Waals surface area (Å²) in [6.07, 6.45) is 3.30. The largest absolute Gasteiger partial charge is 0.324 e. The number of amides is 2. The molecule has 0 radical (unpaired) electrons. The predicted molar refractivity (Wildman–Crippen MR) is 80.7 cm³/mol. The first-order chi connectivity index (χ1) is 9.56. The zero-order chi connectivity index (χ0) is 14.5. The summed E-state index contributed by atoms with van der Waals surface area (Å²) in [6, 6.07) is 8.94. The normalized spacial score (nSPS) is 11.8. The van der Waals surface area contributed by atoms with Crippen LogP contribution in [0.15, 0.2) is 42.7 Å². The van der Waals surface area contributed by atoms with E-state index in [4.69, 9.17) is 5.73 Å². The van der Waals surface area contributed by atoms with Crippen molar-refractivity contribution in [3.63, 3.8) is 0 Å². The molecule has 1 aromatic heterocycles. The maximum absolute atomic E-state index is 11.9. The minimum Gasteiger partial charge on any atom is -0.324 e. The Balaban J connectivity index is 2.05. The van der Waals surface area contributed by atoms with Gasteiger partial charge in [-0.15, -0.1) is 0 Å². The second-order valence-electron chi connectivity index (χ2n) is 4.68. The van der Waals surface area contributed by atoms with Crippen LogP contribution < -0.4 is 16.4 Å². The molecule has 2 rings (SSSR count). The highest BCUT2D eigenvalue weighted by Crippen LogP contribution is 2.16. The summed E-state index contributed by atoms with van der Waals surface area (Å²) in [4.78, 5) is 15.9. The van der Waals surface area contributed by atoms with E-state index < -0.39 is 0 Å². The molecule has 5 nitrogen and oxygen atoms in total. The molecule has 0 aliphatic rings. The number of carbonyl (C=O) groups excluding carboxylic acids is 1. The van der Waals surface area contributed by atoms with Gasteiger partial charge in [0.2, 0.25) is 0 Å². The van der Waals surface area contributed by atoms with Gasteiger partial charge in [-0.3, -0.25) is 4.98 Å². The molecular formula is C15H18N4O. The molecule has 20 heavy (non-hydrogen) atoms. The first-order valence-electron chi connectivity index (χ1n) is 6.40. The molecule has 4 N–H and O–H groups in total. The highest BCUT2D eigenvalue weighted by atomic mass is 16.2. The zero-order valence-corrected chi connectivity index (χ0v) is 11.6. The fourth-order valence-electron chi connectivity index (χ4n) is 1.78. The third-order valence-electron chi connectivity index (χ3n) is 2.96. The zero-order valence-electron chi connectivity index (χ0n) is 11.6. The number of aryl methyl sites for hydroxylation is 1. The van der Waals surface area contributed by atoms with E-state index in [9.17, 15) is 4.79 Å². The Labute approximate surface area is 118 Å². The van der Waals surface area contributed by atoms with Gasteiger partial charge >= 0.3 is 6.03 Å². The maximum atomic E-state index is 11.9. The number of hydrogen-bond donors (Lipinski definition) is 3. The van der Waals surface area contributed by atoms with Crippen LogP contribution in [0.3, 0.4) is 0 Å². The smallest absolute Gasteiger partial charge is 0.323 e. The van der Waals surface area contributed by atoms with Crippen LogP contribution in [-0.2, 0) is 0 Å². The number of pyridine rings is 1. The molecule has 0 aliphatic heterocycles. The second-order valence-corrected chi connectivity index (χ2v) is 4.68. The van der Waals surface area contributed by atoms with E-state index in [0.29, 0.717) is 11.4 Å². The van der Waals surface area contributed by atoms with Crippen LogP contribution in [0.2, 0.25) is 0 Å². The van der Waals surface area contributed by atoms with Gasteiger partial charge in [0.15, 0.2) is 0 Å². The van der Waals surface area contributed by atoms with Crippen LogP contribution in [0.4, 0.5) is 16.2 Å². The summed E-state index contributed by atoms with van der Waals surface area (Å²) in [5, 5.41) is 5.54. The van der Waals surface area contributed by atoms with Gasteiger partial charge in [-0.05, 0) is 43.2 Å². The lowest BCUT2D eigenvalue weighted by molar-refractivity contribution is 0.262. The average molecular weight is 270 g/mol. The Morgan fingerprint density at radius 3 is 2.80 bits per heavy atom. The number of benzene rings is 1. The van der Waals surface area contributed by atoms with Crippen LogP contribution in [0.1, 0.15) is 24.1 Å². The summed E-state index contributed by atoms with van der Waals surface area (Å²) in [5.41, 5.74) is 9.15. The van der Waals surface area contributed by atoms with Crippen molar-refractivity contribution in [3.05, 3.63) is 53.9 Å². The lowest BCUT2D eigenvalue weighted by Gasteiger charge is -2.11. The number of aromatic nitrogens is 1. The minimum absolute atomic E-state index is 0.0691. The molecule has 104 valence electrons. The van der Waals surface area contributed by atoms with Gasteiger partial charge in [0, 0.05) is 17.9 Å². The summed E-state index contributed by atoms with van der Waals surface area (Å²) < 4.78 is 0. The summed E-state index contributed by atoms with van der Waals surface area (Å²) >= 11 is 0. The Kier molecular flexibility index (Phi) is 4.32. The monoisotopic (exact) mass is 270 g/mol. The molecular weight excluding hydrogens is 252 g/mol. The molecule has 0 saturated carbocycles. The van der Waals surface area contributed by atoms with E-state index in [2.05, 4.69) is 15.6 Å². The Morgan fingerprint density at radius 2 is 2.10 bits per heavy atom. The maximum Gasteiger partial charge on any atom is 0.323 e. The van der Waals surface area contributed by atoms with E-state index >= 15 is 0 Å². The number of nitrogens with zero attached hydrogens (tertiary/aromatic N) is 1. The summed E-state index contributed by atoms with van der Waals surface area (Å²) in [5.74, 6) is 0. The third kappa shape index (κ3) is 3.55. The van der Waals surface area contributed by atoms with Crippen LogP contribution in [0.5, 0.6) is 0 Å². The number of nitrogens with two attached hydrogens (primary N) is 1. The molecule has 2 amide bonds. The van der Waals surface area contributed by atoms with Gasteiger partial charge in [0.05, 0.1) is 11.9 Å². The highest BCUT2D eigenvalue weighted by molar-refractivity contribution is 6.00. The van der Waals surface area contributed by atoms with Crippen molar-refractivity contribution in [2.45, 2.75) is 19.9 Å². The van der Waals surface area contributed by atoms with E-state index in [1.165, 1.54) is 0 Å². The van der Waals surface area contributed by atoms with E-state index in [-0.39, 0.29) is 12.1 Å². The van der Waals surface area contributed by atoms with Gasteiger partial charge < -0.3 is 16.4 Å². The molecule has 2 aromatic rings. The molecule has 1 aromatic carbocycles. The van der Waals surface area contributed by atoms with Crippen molar-refractivity contribution in [2.75, 3.05) is 10.6 Å². The highest BCUT2D eigenvalue weighted by Gasteiger charge is 2.06. The number of carbonyl (C=O) groups is 1. The molecule has 1 atom stereocenters. The lowest BCUT2D eigenvalue weighted by Crippen LogP contribution is -2.20. The summed E-state index contributed by atoms with van der Waals surface area (Å²) in [7, 11) is 0. The Bertz CT molecular complexity index is 610. The van der Waals surface area contributed by atoms with E-state index in [0.717, 1.165) is 11.1 Å². The van der Waals surface area contributed by atoms with Gasteiger partial charge in [-0.25, -0.2) is 4.79 Å². The van der Waals surface area contributed by atoms with Crippen LogP contribution >= 0.6 is 0 Å². The molecule has 0 saturated heterocycles. The van der Waals surface area contributed by atoms with Crippen LogP contribution in [0.25, 0.3) is 0 Å². The first kappa shape index (κ1) is 14.0. The second kappa shape index (κ2) is 6.16. The van der Waals surface area contributed by atoms with Crippen molar-refractivity contribution >= 4 is 17.4 Å². The minimum atomic E-state index is -0.303. The van der Waals surface area contributed by atoms with Crippen molar-refractivity contribution in [3.8, 4) is 0 Å². The standard InChI is InChI=1S/C15H18N4O/c1-10-6-7-17-9-14(10)19-15(20)18-13-5-3-4-12(8-13)11(2)16/h3-9,11H,16H2,1-2H3,(H2,18,19,20). The molecule has 0 bridgehead atoms. The number of urea groups is 1. The summed E-state index contributed by atoms with van der Waals surface area (Å²) in [6.45, 7) is 3.81. The Morgan fingerprint density at radius 1 is 1.30 bits per heavy atom. The van der Waals surface area contributed by atoms with Crippen LogP contribution in [-0.4, -0.2) is 11.0 Å². The van der Waals surface area contributed by atoms with Crippen molar-refractivity contribution in [1.82, 2.24) is 4.98 Å². The number of hydrogen-bond acceptors (Lipinski definition) is 3.